The van der Waals surface area contributed by atoms with Crippen LogP contribution in [0.1, 0.15) is 187 Å². The van der Waals surface area contributed by atoms with Gasteiger partial charge in [-0.3, -0.25) is 4.79 Å². The molecule has 0 amide bonds. The molecule has 4 heteroatoms. The van der Waals surface area contributed by atoms with Crippen LogP contribution in [-0.2, 0) is 14.3 Å². The van der Waals surface area contributed by atoms with Gasteiger partial charge in [-0.1, -0.05) is 172 Å². The molecule has 258 valence electrons. The monoisotopic (exact) mass is 619 g/mol. The number of aliphatic hydroxyl groups is 1. The van der Waals surface area contributed by atoms with Gasteiger partial charge in [0.15, 0.2) is 0 Å². The third-order valence-corrected chi connectivity index (χ3v) is 8.23. The average molecular weight is 619 g/mol. The van der Waals surface area contributed by atoms with Crippen molar-refractivity contribution in [3.05, 3.63) is 36.5 Å². The zero-order valence-corrected chi connectivity index (χ0v) is 29.4. The molecule has 0 aliphatic carbocycles. The van der Waals surface area contributed by atoms with E-state index >= 15 is 0 Å². The molecule has 0 rings (SSSR count). The molecule has 0 aliphatic heterocycles. The van der Waals surface area contributed by atoms with Crippen molar-refractivity contribution in [2.75, 3.05) is 19.8 Å². The van der Waals surface area contributed by atoms with E-state index in [-0.39, 0.29) is 19.2 Å². The summed E-state index contributed by atoms with van der Waals surface area (Å²) in [5.74, 6) is -0.207. The minimum absolute atomic E-state index is 0.179. The second-order valence-corrected chi connectivity index (χ2v) is 12.6. The lowest BCUT2D eigenvalue weighted by molar-refractivity contribution is -0.154. The summed E-state index contributed by atoms with van der Waals surface area (Å²) in [6.07, 6.45) is 46.2. The second kappa shape index (κ2) is 37.8. The number of aliphatic hydroxyl groups excluding tert-OH is 1. The standard InChI is InChI=1S/C40H74O4/c1-3-5-7-9-11-13-15-17-19-20-21-22-23-25-27-29-31-33-35-40(42)44-39(37-41)38-43-36-34-32-30-28-26-24-18-16-14-12-10-8-6-4-2/h6,8,12,14,18,24,39,41H,3-5,7,9-11,13,15-17,19-23,25-38H2,1-2H3/b8-6-,14-12-,24-18-. The Hall–Kier alpha value is -1.39. The smallest absolute Gasteiger partial charge is 0.306 e. The largest absolute Gasteiger partial charge is 0.457 e. The molecule has 0 saturated carbocycles. The van der Waals surface area contributed by atoms with Crippen molar-refractivity contribution in [1.82, 2.24) is 0 Å². The minimum Gasteiger partial charge on any atom is -0.457 e. The lowest BCUT2D eigenvalue weighted by atomic mass is 10.0. The average Bonchev–Trinajstić information content (AvgIpc) is 3.03. The van der Waals surface area contributed by atoms with Gasteiger partial charge in [-0.15, -0.1) is 0 Å². The summed E-state index contributed by atoms with van der Waals surface area (Å²) in [7, 11) is 0. The number of allylic oxidation sites excluding steroid dienone is 6. The van der Waals surface area contributed by atoms with Crippen LogP contribution in [0, 0.1) is 0 Å². The topological polar surface area (TPSA) is 55.8 Å². The molecular weight excluding hydrogens is 544 g/mol. The van der Waals surface area contributed by atoms with Gasteiger partial charge in [0.2, 0.25) is 0 Å². The number of rotatable bonds is 35. The maximum absolute atomic E-state index is 12.2. The molecule has 1 atom stereocenters. The Morgan fingerprint density at radius 3 is 1.55 bits per heavy atom. The van der Waals surface area contributed by atoms with Gasteiger partial charge in [-0.2, -0.15) is 0 Å². The molecule has 0 aromatic carbocycles. The normalized spacial score (nSPS) is 12.7. The Labute approximate surface area is 274 Å². The molecule has 0 heterocycles. The molecule has 0 spiro atoms. The van der Waals surface area contributed by atoms with E-state index in [0.29, 0.717) is 13.0 Å². The van der Waals surface area contributed by atoms with Crippen molar-refractivity contribution in [2.24, 2.45) is 0 Å². The van der Waals surface area contributed by atoms with Gasteiger partial charge < -0.3 is 14.6 Å². The predicted octanol–water partition coefficient (Wildman–Crippen LogP) is 12.1. The molecule has 0 aromatic heterocycles. The van der Waals surface area contributed by atoms with E-state index in [9.17, 15) is 9.90 Å². The van der Waals surface area contributed by atoms with Gasteiger partial charge in [0.05, 0.1) is 13.2 Å². The fourth-order valence-electron chi connectivity index (χ4n) is 5.40. The van der Waals surface area contributed by atoms with Crippen LogP contribution in [0.15, 0.2) is 36.5 Å². The number of carbonyl (C=O) groups excluding carboxylic acids is 1. The molecule has 0 fully saturated rings. The van der Waals surface area contributed by atoms with Crippen molar-refractivity contribution in [1.29, 1.82) is 0 Å². The summed E-state index contributed by atoms with van der Waals surface area (Å²) in [4.78, 5) is 12.2. The van der Waals surface area contributed by atoms with Crippen LogP contribution in [0.5, 0.6) is 0 Å². The maximum atomic E-state index is 12.2. The van der Waals surface area contributed by atoms with E-state index in [4.69, 9.17) is 9.47 Å². The highest BCUT2D eigenvalue weighted by molar-refractivity contribution is 5.69. The van der Waals surface area contributed by atoms with E-state index in [0.717, 1.165) is 51.4 Å². The summed E-state index contributed by atoms with van der Waals surface area (Å²) in [5, 5.41) is 9.56. The highest BCUT2D eigenvalue weighted by Gasteiger charge is 2.13. The number of carbonyl (C=O) groups is 1. The van der Waals surface area contributed by atoms with Gasteiger partial charge in [0.1, 0.15) is 6.10 Å². The summed E-state index contributed by atoms with van der Waals surface area (Å²) < 4.78 is 11.1. The number of hydrogen-bond donors (Lipinski definition) is 1. The first-order valence-corrected chi connectivity index (χ1v) is 19.1. The van der Waals surface area contributed by atoms with Crippen molar-refractivity contribution < 1.29 is 19.4 Å². The molecular formula is C40H74O4. The fourth-order valence-corrected chi connectivity index (χ4v) is 5.40. The maximum Gasteiger partial charge on any atom is 0.306 e. The fraction of sp³-hybridized carbons (Fsp3) is 0.825. The molecule has 0 aromatic rings. The molecule has 0 saturated heterocycles. The van der Waals surface area contributed by atoms with Crippen LogP contribution < -0.4 is 0 Å². The zero-order valence-electron chi connectivity index (χ0n) is 29.4. The summed E-state index contributed by atoms with van der Waals surface area (Å²) in [6, 6.07) is 0. The molecule has 44 heavy (non-hydrogen) atoms. The number of unbranched alkanes of at least 4 members (excludes halogenated alkanes) is 21. The van der Waals surface area contributed by atoms with Gasteiger partial charge in [0, 0.05) is 13.0 Å². The van der Waals surface area contributed by atoms with Crippen LogP contribution in [0.2, 0.25) is 0 Å². The molecule has 0 radical (unpaired) electrons. The highest BCUT2D eigenvalue weighted by atomic mass is 16.6. The van der Waals surface area contributed by atoms with Crippen molar-refractivity contribution in [2.45, 2.75) is 193 Å². The Bertz CT molecular complexity index is 654. The lowest BCUT2D eigenvalue weighted by Gasteiger charge is -2.15. The first-order valence-electron chi connectivity index (χ1n) is 19.1. The number of esters is 1. The number of ether oxygens (including phenoxy) is 2. The molecule has 4 nitrogen and oxygen atoms in total. The van der Waals surface area contributed by atoms with E-state index in [1.54, 1.807) is 0 Å². The summed E-state index contributed by atoms with van der Waals surface area (Å²) in [5.41, 5.74) is 0. The minimum atomic E-state index is -0.542. The summed E-state index contributed by atoms with van der Waals surface area (Å²) >= 11 is 0. The molecule has 0 aliphatic rings. The Balaban J connectivity index is 3.44. The van der Waals surface area contributed by atoms with Crippen LogP contribution >= 0.6 is 0 Å². The van der Waals surface area contributed by atoms with Crippen molar-refractivity contribution in [3.8, 4) is 0 Å². The van der Waals surface area contributed by atoms with E-state index in [2.05, 4.69) is 50.3 Å². The Morgan fingerprint density at radius 2 is 1.02 bits per heavy atom. The predicted molar refractivity (Wildman–Crippen MR) is 191 cm³/mol. The van der Waals surface area contributed by atoms with Gasteiger partial charge in [-0.05, 0) is 44.9 Å². The quantitative estimate of drug-likeness (QED) is 0.0436. The molecule has 1 unspecified atom stereocenters. The second-order valence-electron chi connectivity index (χ2n) is 12.6. The SMILES string of the molecule is CC/C=C\C/C=C\C/C=C\CCCCCCOCC(CO)OC(=O)CCCCCCCCCCCCCCCCCCCC. The Morgan fingerprint density at radius 1 is 0.568 bits per heavy atom. The van der Waals surface area contributed by atoms with Gasteiger partial charge in [-0.25, -0.2) is 0 Å². The van der Waals surface area contributed by atoms with E-state index in [1.165, 1.54) is 116 Å². The third-order valence-electron chi connectivity index (χ3n) is 8.23. The summed E-state index contributed by atoms with van der Waals surface area (Å²) in [6.45, 7) is 5.20. The van der Waals surface area contributed by atoms with Crippen LogP contribution in [0.25, 0.3) is 0 Å². The first-order chi connectivity index (χ1) is 21.7. The van der Waals surface area contributed by atoms with E-state index < -0.39 is 6.10 Å². The van der Waals surface area contributed by atoms with Crippen molar-refractivity contribution >= 4 is 5.97 Å². The van der Waals surface area contributed by atoms with Crippen LogP contribution in [0.4, 0.5) is 0 Å². The van der Waals surface area contributed by atoms with Crippen LogP contribution in [0.3, 0.4) is 0 Å². The zero-order chi connectivity index (χ0) is 32.0. The highest BCUT2D eigenvalue weighted by Crippen LogP contribution is 2.15. The number of hydrogen-bond acceptors (Lipinski definition) is 4. The van der Waals surface area contributed by atoms with Gasteiger partial charge >= 0.3 is 5.97 Å². The van der Waals surface area contributed by atoms with Gasteiger partial charge in [0.25, 0.3) is 0 Å². The molecule has 0 bridgehead atoms. The molecule has 1 N–H and O–H groups in total. The van der Waals surface area contributed by atoms with E-state index in [1.807, 2.05) is 0 Å². The van der Waals surface area contributed by atoms with Crippen LogP contribution in [-0.4, -0.2) is 37.0 Å². The van der Waals surface area contributed by atoms with Crippen molar-refractivity contribution in [3.63, 3.8) is 0 Å². The third kappa shape index (κ3) is 35.1. The Kier molecular flexibility index (Phi) is 36.6. The first kappa shape index (κ1) is 42.6. The lowest BCUT2D eigenvalue weighted by Crippen LogP contribution is -2.27.